The summed E-state index contributed by atoms with van der Waals surface area (Å²) in [6.45, 7) is 3.55. The van der Waals surface area contributed by atoms with Crippen LogP contribution in [0, 0.1) is 0 Å². The van der Waals surface area contributed by atoms with Crippen LogP contribution in [0.2, 0.25) is 0 Å². The smallest absolute Gasteiger partial charge is 0.306 e. The van der Waals surface area contributed by atoms with Crippen molar-refractivity contribution in [2.75, 3.05) is 7.05 Å². The summed E-state index contributed by atoms with van der Waals surface area (Å²) in [6, 6.07) is 0. The first-order valence-electron chi connectivity index (χ1n) is 3.96. The van der Waals surface area contributed by atoms with Crippen LogP contribution in [-0.4, -0.2) is 25.0 Å². The summed E-state index contributed by atoms with van der Waals surface area (Å²) in [6.07, 6.45) is 0.238. The van der Waals surface area contributed by atoms with Crippen LogP contribution in [-0.2, 0) is 14.3 Å². The maximum absolute atomic E-state index is 10.9. The van der Waals surface area contributed by atoms with Crippen LogP contribution >= 0.6 is 0 Å². The van der Waals surface area contributed by atoms with Crippen molar-refractivity contribution in [3.05, 3.63) is 0 Å². The zero-order chi connectivity index (χ0) is 9.56. The van der Waals surface area contributed by atoms with Gasteiger partial charge in [0.05, 0.1) is 12.5 Å². The lowest BCUT2D eigenvalue weighted by molar-refractivity contribution is -0.148. The fraction of sp³-hybridized carbons (Fsp3) is 0.750. The molecule has 0 aromatic carbocycles. The number of ether oxygens (including phenoxy) is 1. The van der Waals surface area contributed by atoms with Crippen LogP contribution < -0.4 is 5.32 Å². The van der Waals surface area contributed by atoms with E-state index in [0.717, 1.165) is 0 Å². The van der Waals surface area contributed by atoms with E-state index >= 15 is 0 Å². The SMILES string of the molecule is CNC(=O)CCC(=O)OC(C)C. The summed E-state index contributed by atoms with van der Waals surface area (Å²) in [5.41, 5.74) is 0. The molecule has 0 bridgehead atoms. The van der Waals surface area contributed by atoms with Crippen molar-refractivity contribution in [1.82, 2.24) is 5.32 Å². The Balaban J connectivity index is 3.51. The normalized spacial score (nSPS) is 9.67. The van der Waals surface area contributed by atoms with Crippen LogP contribution in [0.3, 0.4) is 0 Å². The van der Waals surface area contributed by atoms with Crippen molar-refractivity contribution < 1.29 is 14.3 Å². The lowest BCUT2D eigenvalue weighted by Gasteiger charge is -2.06. The maximum Gasteiger partial charge on any atom is 0.306 e. The van der Waals surface area contributed by atoms with Gasteiger partial charge in [-0.15, -0.1) is 0 Å². The Kier molecular flexibility index (Phi) is 5.08. The van der Waals surface area contributed by atoms with Crippen molar-refractivity contribution in [3.63, 3.8) is 0 Å². The molecule has 0 unspecified atom stereocenters. The number of hydrogen-bond acceptors (Lipinski definition) is 3. The van der Waals surface area contributed by atoms with E-state index in [4.69, 9.17) is 4.74 Å². The molecular formula is C8H15NO3. The molecule has 0 aromatic heterocycles. The van der Waals surface area contributed by atoms with E-state index < -0.39 is 0 Å². The predicted octanol–water partition coefficient (Wildman–Crippen LogP) is 0.464. The van der Waals surface area contributed by atoms with Crippen LogP contribution in [0.4, 0.5) is 0 Å². The lowest BCUT2D eigenvalue weighted by Crippen LogP contribution is -2.20. The van der Waals surface area contributed by atoms with Crippen molar-refractivity contribution >= 4 is 11.9 Å². The van der Waals surface area contributed by atoms with Crippen LogP contribution in [0.5, 0.6) is 0 Å². The number of esters is 1. The molecule has 1 N–H and O–H groups in total. The Morgan fingerprint density at radius 1 is 1.33 bits per heavy atom. The summed E-state index contributed by atoms with van der Waals surface area (Å²) in [4.78, 5) is 21.6. The summed E-state index contributed by atoms with van der Waals surface area (Å²) in [7, 11) is 1.54. The molecule has 0 aliphatic carbocycles. The number of rotatable bonds is 4. The third kappa shape index (κ3) is 5.70. The first-order chi connectivity index (χ1) is 5.56. The van der Waals surface area contributed by atoms with Crippen LogP contribution in [0.15, 0.2) is 0 Å². The molecular weight excluding hydrogens is 158 g/mol. The zero-order valence-corrected chi connectivity index (χ0v) is 7.72. The Hall–Kier alpha value is -1.06. The fourth-order valence-electron chi connectivity index (χ4n) is 0.662. The third-order valence-corrected chi connectivity index (χ3v) is 1.20. The number of hydrogen-bond donors (Lipinski definition) is 1. The highest BCUT2D eigenvalue weighted by atomic mass is 16.5. The van der Waals surface area contributed by atoms with E-state index in [1.165, 1.54) is 7.05 Å². The monoisotopic (exact) mass is 173 g/mol. The first kappa shape index (κ1) is 10.9. The standard InChI is InChI=1S/C8H15NO3/c1-6(2)12-8(11)5-4-7(10)9-3/h6H,4-5H2,1-3H3,(H,9,10). The molecule has 0 aliphatic rings. The van der Waals surface area contributed by atoms with Gasteiger partial charge in [-0.2, -0.15) is 0 Å². The molecule has 12 heavy (non-hydrogen) atoms. The molecule has 0 saturated heterocycles. The molecule has 4 nitrogen and oxygen atoms in total. The largest absolute Gasteiger partial charge is 0.463 e. The quantitative estimate of drug-likeness (QED) is 0.628. The van der Waals surface area contributed by atoms with Crippen molar-refractivity contribution in [1.29, 1.82) is 0 Å². The molecule has 4 heteroatoms. The van der Waals surface area contributed by atoms with Gasteiger partial charge in [0.25, 0.3) is 0 Å². The average Bonchev–Trinajstić information content (AvgIpc) is 1.99. The lowest BCUT2D eigenvalue weighted by atomic mass is 10.3. The number of nitrogens with one attached hydrogen (secondary N) is 1. The summed E-state index contributed by atoms with van der Waals surface area (Å²) < 4.78 is 4.83. The van der Waals surface area contributed by atoms with Crippen LogP contribution in [0.1, 0.15) is 26.7 Å². The fourth-order valence-corrected chi connectivity index (χ4v) is 0.662. The predicted molar refractivity (Wildman–Crippen MR) is 44.5 cm³/mol. The average molecular weight is 173 g/mol. The van der Waals surface area contributed by atoms with Gasteiger partial charge in [0.2, 0.25) is 5.91 Å². The van der Waals surface area contributed by atoms with Crippen molar-refractivity contribution in [3.8, 4) is 0 Å². The van der Waals surface area contributed by atoms with E-state index in [2.05, 4.69) is 5.32 Å². The summed E-state index contributed by atoms with van der Waals surface area (Å²) >= 11 is 0. The summed E-state index contributed by atoms with van der Waals surface area (Å²) in [5.74, 6) is -0.468. The van der Waals surface area contributed by atoms with Crippen LogP contribution in [0.25, 0.3) is 0 Å². The van der Waals surface area contributed by atoms with Gasteiger partial charge >= 0.3 is 5.97 Å². The van der Waals surface area contributed by atoms with Gasteiger partial charge in [-0.05, 0) is 13.8 Å². The van der Waals surface area contributed by atoms with Gasteiger partial charge in [0.1, 0.15) is 0 Å². The molecule has 0 heterocycles. The minimum atomic E-state index is -0.325. The van der Waals surface area contributed by atoms with Gasteiger partial charge in [0.15, 0.2) is 0 Å². The molecule has 0 atom stereocenters. The molecule has 0 spiro atoms. The van der Waals surface area contributed by atoms with Gasteiger partial charge in [-0.25, -0.2) is 0 Å². The number of carbonyl (C=O) groups excluding carboxylic acids is 2. The molecule has 70 valence electrons. The highest BCUT2D eigenvalue weighted by Gasteiger charge is 2.07. The summed E-state index contributed by atoms with van der Waals surface area (Å²) in [5, 5.41) is 2.43. The molecule has 1 amide bonds. The topological polar surface area (TPSA) is 55.4 Å². The minimum Gasteiger partial charge on any atom is -0.463 e. The molecule has 0 aliphatic heterocycles. The zero-order valence-electron chi connectivity index (χ0n) is 7.72. The second kappa shape index (κ2) is 5.57. The highest BCUT2D eigenvalue weighted by molar-refractivity contribution is 5.80. The third-order valence-electron chi connectivity index (χ3n) is 1.20. The van der Waals surface area contributed by atoms with Gasteiger partial charge in [-0.3, -0.25) is 9.59 Å². The second-order valence-electron chi connectivity index (χ2n) is 2.71. The van der Waals surface area contributed by atoms with E-state index in [1.54, 1.807) is 13.8 Å². The molecule has 0 saturated carbocycles. The number of carbonyl (C=O) groups is 2. The maximum atomic E-state index is 10.9. The molecule has 0 rings (SSSR count). The van der Waals surface area contributed by atoms with Gasteiger partial charge in [-0.1, -0.05) is 0 Å². The van der Waals surface area contributed by atoms with Gasteiger partial charge < -0.3 is 10.1 Å². The minimum absolute atomic E-state index is 0.109. The number of amides is 1. The Bertz CT molecular complexity index is 166. The first-order valence-corrected chi connectivity index (χ1v) is 3.96. The Morgan fingerprint density at radius 2 is 1.92 bits per heavy atom. The van der Waals surface area contributed by atoms with E-state index in [1.807, 2.05) is 0 Å². The van der Waals surface area contributed by atoms with Gasteiger partial charge in [0, 0.05) is 13.5 Å². The van der Waals surface area contributed by atoms with E-state index in [0.29, 0.717) is 0 Å². The Morgan fingerprint density at radius 3 is 2.33 bits per heavy atom. The molecule has 0 radical (unpaired) electrons. The molecule has 0 fully saturated rings. The van der Waals surface area contributed by atoms with E-state index in [-0.39, 0.29) is 30.8 Å². The Labute approximate surface area is 72.3 Å². The molecule has 0 aromatic rings. The highest BCUT2D eigenvalue weighted by Crippen LogP contribution is 1.96. The van der Waals surface area contributed by atoms with Crippen molar-refractivity contribution in [2.24, 2.45) is 0 Å². The van der Waals surface area contributed by atoms with E-state index in [9.17, 15) is 9.59 Å². The van der Waals surface area contributed by atoms with Crippen molar-refractivity contribution in [2.45, 2.75) is 32.8 Å². The second-order valence-corrected chi connectivity index (χ2v) is 2.71.